The lowest BCUT2D eigenvalue weighted by molar-refractivity contribution is 0.0496. The molecule has 0 radical (unpaired) electrons. The van der Waals surface area contributed by atoms with Gasteiger partial charge in [-0.05, 0) is 35.5 Å². The fourth-order valence-corrected chi connectivity index (χ4v) is 11.2. The second-order valence-corrected chi connectivity index (χ2v) is 15.7. The van der Waals surface area contributed by atoms with Crippen LogP contribution < -0.4 is 14.1 Å². The zero-order valence-electron chi connectivity index (χ0n) is 22.0. The first-order valence-corrected chi connectivity index (χ1v) is 14.6. The molecule has 1 N–H and O–H groups in total. The van der Waals surface area contributed by atoms with Crippen molar-refractivity contribution >= 4 is 26.0 Å². The van der Waals surface area contributed by atoms with E-state index in [-0.39, 0.29) is 23.8 Å². The summed E-state index contributed by atoms with van der Waals surface area (Å²) in [6.45, 7) is 17.2. The molecule has 0 aliphatic carbocycles. The molecule has 1 saturated heterocycles. The number of anilines is 1. The standard InChI is InChI=1S/C26H40N2O6Si/c1-9-13-33-26(31)28-21-15-23(34-35(16(2)3,17(4)5)18(6)7)22(32-8)14-19(21)24(29)27-12-10-11-20(27)25(28)30/h9,14-18,20,25,30H,1,10-13H2,2-8H3/t20-,25?/m0/s1. The molecule has 1 fully saturated rings. The summed E-state index contributed by atoms with van der Waals surface area (Å²) in [6, 6.07) is 2.78. The van der Waals surface area contributed by atoms with Crippen molar-refractivity contribution < 1.29 is 28.6 Å². The van der Waals surface area contributed by atoms with Crippen molar-refractivity contribution in [1.29, 1.82) is 0 Å². The van der Waals surface area contributed by atoms with E-state index in [2.05, 4.69) is 48.1 Å². The van der Waals surface area contributed by atoms with Crippen molar-refractivity contribution in [2.75, 3.05) is 25.2 Å². The first-order chi connectivity index (χ1) is 16.5. The average molecular weight is 505 g/mol. The van der Waals surface area contributed by atoms with Crippen LogP contribution in [-0.4, -0.2) is 62.9 Å². The van der Waals surface area contributed by atoms with E-state index in [0.717, 1.165) is 6.42 Å². The maximum Gasteiger partial charge on any atom is 0.416 e. The Morgan fingerprint density at radius 2 is 1.80 bits per heavy atom. The van der Waals surface area contributed by atoms with Crippen molar-refractivity contribution in [3.63, 3.8) is 0 Å². The Labute approximate surface area is 210 Å². The van der Waals surface area contributed by atoms with Crippen LogP contribution in [0.4, 0.5) is 10.5 Å². The number of methoxy groups -OCH3 is 1. The molecule has 0 bridgehead atoms. The topological polar surface area (TPSA) is 88.5 Å². The summed E-state index contributed by atoms with van der Waals surface area (Å²) in [5.74, 6) is 0.658. The SMILES string of the molecule is C=CCOC(=O)N1c2cc(O[Si](C(C)C)(C(C)C)C(C)C)c(OC)cc2C(=O)N2CCC[C@H]2C1O. The molecule has 2 aliphatic rings. The van der Waals surface area contributed by atoms with Gasteiger partial charge in [0.2, 0.25) is 0 Å². The van der Waals surface area contributed by atoms with Gasteiger partial charge in [-0.3, -0.25) is 4.79 Å². The Morgan fingerprint density at radius 3 is 2.34 bits per heavy atom. The van der Waals surface area contributed by atoms with Crippen molar-refractivity contribution in [2.45, 2.75) is 83.3 Å². The Kier molecular flexibility index (Phi) is 8.21. The molecule has 0 saturated carbocycles. The summed E-state index contributed by atoms with van der Waals surface area (Å²) < 4.78 is 17.9. The minimum Gasteiger partial charge on any atom is -0.540 e. The normalized spacial score (nSPS) is 20.1. The van der Waals surface area contributed by atoms with Gasteiger partial charge in [-0.15, -0.1) is 0 Å². The molecule has 1 aromatic carbocycles. The number of hydrogen-bond donors (Lipinski definition) is 1. The molecular weight excluding hydrogens is 464 g/mol. The Balaban J connectivity index is 2.23. The predicted octanol–water partition coefficient (Wildman–Crippen LogP) is 5.32. The largest absolute Gasteiger partial charge is 0.540 e. The first-order valence-electron chi connectivity index (χ1n) is 12.5. The second-order valence-electron chi connectivity index (χ2n) is 10.3. The molecule has 35 heavy (non-hydrogen) atoms. The fourth-order valence-electron chi connectivity index (χ4n) is 5.93. The number of nitrogens with zero attached hydrogens (tertiary/aromatic N) is 2. The molecule has 2 heterocycles. The summed E-state index contributed by atoms with van der Waals surface area (Å²) in [4.78, 5) is 29.5. The number of amides is 2. The number of fused-ring (bicyclic) bond motifs is 2. The second kappa shape index (κ2) is 10.6. The maximum atomic E-state index is 13.6. The minimum atomic E-state index is -2.39. The molecule has 1 aromatic rings. The third kappa shape index (κ3) is 4.68. The first kappa shape index (κ1) is 27.1. The number of ether oxygens (including phenoxy) is 2. The van der Waals surface area contributed by atoms with Crippen LogP contribution in [-0.2, 0) is 4.74 Å². The number of aliphatic hydroxyl groups excluding tert-OH is 1. The summed E-state index contributed by atoms with van der Waals surface area (Å²) in [5, 5.41) is 11.3. The van der Waals surface area contributed by atoms with Gasteiger partial charge in [0.15, 0.2) is 12.0 Å². The zero-order chi connectivity index (χ0) is 26.1. The molecule has 2 aliphatic heterocycles. The molecule has 3 rings (SSSR count). The average Bonchev–Trinajstić information content (AvgIpc) is 3.27. The summed E-state index contributed by atoms with van der Waals surface area (Å²) in [7, 11) is -0.842. The Hall–Kier alpha value is -2.52. The van der Waals surface area contributed by atoms with Crippen molar-refractivity contribution in [3.8, 4) is 11.5 Å². The van der Waals surface area contributed by atoms with E-state index in [9.17, 15) is 14.7 Å². The Morgan fingerprint density at radius 1 is 1.17 bits per heavy atom. The molecule has 194 valence electrons. The highest BCUT2D eigenvalue weighted by atomic mass is 28.4. The fraction of sp³-hybridized carbons (Fsp3) is 0.615. The molecule has 2 atom stereocenters. The number of benzene rings is 1. The summed E-state index contributed by atoms with van der Waals surface area (Å²) >= 11 is 0. The van der Waals surface area contributed by atoms with E-state index in [1.54, 1.807) is 24.1 Å². The number of carbonyl (C=O) groups is 2. The van der Waals surface area contributed by atoms with E-state index < -0.39 is 26.7 Å². The lowest BCUT2D eigenvalue weighted by Crippen LogP contribution is -2.51. The van der Waals surface area contributed by atoms with Gasteiger partial charge >= 0.3 is 6.09 Å². The van der Waals surface area contributed by atoms with E-state index in [1.807, 2.05) is 0 Å². The smallest absolute Gasteiger partial charge is 0.416 e. The van der Waals surface area contributed by atoms with Gasteiger partial charge in [0.1, 0.15) is 12.4 Å². The van der Waals surface area contributed by atoms with Crippen LogP contribution in [0, 0.1) is 0 Å². The van der Waals surface area contributed by atoms with Crippen molar-refractivity contribution in [2.24, 2.45) is 0 Å². The maximum absolute atomic E-state index is 13.6. The van der Waals surface area contributed by atoms with Gasteiger partial charge < -0.3 is 23.9 Å². The Bertz CT molecular complexity index is 942. The highest BCUT2D eigenvalue weighted by molar-refractivity contribution is 6.78. The van der Waals surface area contributed by atoms with E-state index in [4.69, 9.17) is 13.9 Å². The third-order valence-electron chi connectivity index (χ3n) is 7.46. The number of rotatable bonds is 8. The van der Waals surface area contributed by atoms with Crippen molar-refractivity contribution in [3.05, 3.63) is 30.4 Å². The molecule has 8 nitrogen and oxygen atoms in total. The zero-order valence-corrected chi connectivity index (χ0v) is 23.0. The van der Waals surface area contributed by atoms with Crippen LogP contribution in [0.2, 0.25) is 16.6 Å². The van der Waals surface area contributed by atoms with Gasteiger partial charge in [-0.1, -0.05) is 54.2 Å². The highest BCUT2D eigenvalue weighted by Gasteiger charge is 2.49. The number of hydrogen-bond acceptors (Lipinski definition) is 6. The van der Waals surface area contributed by atoms with E-state index in [1.165, 1.54) is 11.0 Å². The van der Waals surface area contributed by atoms with Crippen LogP contribution in [0.3, 0.4) is 0 Å². The van der Waals surface area contributed by atoms with E-state index in [0.29, 0.717) is 41.1 Å². The van der Waals surface area contributed by atoms with Crippen LogP contribution in [0.15, 0.2) is 24.8 Å². The lowest BCUT2D eigenvalue weighted by atomic mass is 10.1. The quantitative estimate of drug-likeness (QED) is 0.381. The minimum absolute atomic E-state index is 0.0106. The molecule has 9 heteroatoms. The van der Waals surface area contributed by atoms with Gasteiger partial charge in [0.25, 0.3) is 14.2 Å². The highest BCUT2D eigenvalue weighted by Crippen LogP contribution is 2.47. The number of aliphatic hydroxyl groups is 1. The molecule has 2 amide bonds. The molecular formula is C26H40N2O6Si. The van der Waals surface area contributed by atoms with Gasteiger partial charge in [-0.2, -0.15) is 0 Å². The van der Waals surface area contributed by atoms with Gasteiger partial charge in [-0.25, -0.2) is 9.69 Å². The van der Waals surface area contributed by atoms with Crippen LogP contribution in [0.5, 0.6) is 11.5 Å². The van der Waals surface area contributed by atoms with Crippen LogP contribution >= 0.6 is 0 Å². The van der Waals surface area contributed by atoms with Crippen molar-refractivity contribution in [1.82, 2.24) is 4.90 Å². The monoisotopic (exact) mass is 504 g/mol. The number of carbonyl (C=O) groups excluding carboxylic acids is 2. The molecule has 1 unspecified atom stereocenters. The van der Waals surface area contributed by atoms with Crippen LogP contribution in [0.25, 0.3) is 0 Å². The third-order valence-corrected chi connectivity index (χ3v) is 13.4. The summed E-state index contributed by atoms with van der Waals surface area (Å²) in [6.07, 6.45) is 0.824. The van der Waals surface area contributed by atoms with E-state index >= 15 is 0 Å². The lowest BCUT2D eigenvalue weighted by Gasteiger charge is -2.42. The molecule has 0 aromatic heterocycles. The summed E-state index contributed by atoms with van der Waals surface area (Å²) in [5.41, 5.74) is 1.45. The van der Waals surface area contributed by atoms with Crippen LogP contribution in [0.1, 0.15) is 64.7 Å². The van der Waals surface area contributed by atoms with Gasteiger partial charge in [0, 0.05) is 12.6 Å². The predicted molar refractivity (Wildman–Crippen MR) is 139 cm³/mol. The van der Waals surface area contributed by atoms with Gasteiger partial charge in [0.05, 0.1) is 24.4 Å². The molecule has 0 spiro atoms.